The number of hydrogen-bond acceptors (Lipinski definition) is 4. The number of nitrogens with one attached hydrogen (secondary N) is 1. The van der Waals surface area contributed by atoms with Crippen LogP contribution in [0.1, 0.15) is 0 Å². The zero-order valence-corrected chi connectivity index (χ0v) is 12.2. The first-order valence-corrected chi connectivity index (χ1v) is 7.65. The number of nitrogen functional groups attached to an aromatic ring is 1. The molecule has 0 atom stereocenters. The molecule has 0 bridgehead atoms. The van der Waals surface area contributed by atoms with E-state index in [1.807, 2.05) is 24.3 Å². The van der Waals surface area contributed by atoms with Gasteiger partial charge in [0, 0.05) is 15.8 Å². The molecule has 0 fully saturated rings. The van der Waals surface area contributed by atoms with Crippen LogP contribution in [0.3, 0.4) is 0 Å². The molecule has 0 aliphatic rings. The minimum Gasteiger partial charge on any atom is -0.399 e. The third kappa shape index (κ3) is 3.46. The summed E-state index contributed by atoms with van der Waals surface area (Å²) in [6.45, 7) is 0. The van der Waals surface area contributed by atoms with Crippen molar-refractivity contribution in [3.05, 3.63) is 46.9 Å². The van der Waals surface area contributed by atoms with Crippen LogP contribution >= 0.6 is 15.9 Å². The molecule has 0 aromatic heterocycles. The fraction of sp³-hybridized carbons (Fsp3) is 0. The van der Waals surface area contributed by atoms with E-state index in [-0.39, 0.29) is 4.90 Å². The van der Waals surface area contributed by atoms with Crippen molar-refractivity contribution in [2.75, 3.05) is 11.1 Å². The number of hydrogen-bond donors (Lipinski definition) is 3. The molecule has 2 aromatic carbocycles. The van der Waals surface area contributed by atoms with Gasteiger partial charge in [0.15, 0.2) is 0 Å². The lowest BCUT2D eigenvalue weighted by Crippen LogP contribution is -2.14. The second-order valence-electron chi connectivity index (χ2n) is 3.94. The molecule has 19 heavy (non-hydrogen) atoms. The molecule has 0 heterocycles. The molecule has 7 heteroatoms. The van der Waals surface area contributed by atoms with Crippen molar-refractivity contribution in [1.29, 1.82) is 0 Å². The summed E-state index contributed by atoms with van der Waals surface area (Å²) in [5.74, 6) is 0. The van der Waals surface area contributed by atoms with Crippen LogP contribution in [-0.4, -0.2) is 8.42 Å². The van der Waals surface area contributed by atoms with Gasteiger partial charge in [0.2, 0.25) is 10.0 Å². The van der Waals surface area contributed by atoms with Crippen LogP contribution < -0.4 is 16.2 Å². The molecule has 0 unspecified atom stereocenters. The fourth-order valence-corrected chi connectivity index (χ4v) is 2.72. The Labute approximate surface area is 119 Å². The van der Waals surface area contributed by atoms with Gasteiger partial charge in [-0.25, -0.2) is 13.6 Å². The molecule has 0 amide bonds. The largest absolute Gasteiger partial charge is 0.399 e. The number of sulfonamides is 1. The normalized spacial score (nSPS) is 11.3. The number of anilines is 3. The lowest BCUT2D eigenvalue weighted by molar-refractivity contribution is 0.598. The van der Waals surface area contributed by atoms with Gasteiger partial charge in [0.25, 0.3) is 0 Å². The maximum Gasteiger partial charge on any atom is 0.240 e. The van der Waals surface area contributed by atoms with Crippen molar-refractivity contribution in [3.8, 4) is 0 Å². The van der Waals surface area contributed by atoms with Gasteiger partial charge in [-0.2, -0.15) is 0 Å². The minimum absolute atomic E-state index is 0.0347. The van der Waals surface area contributed by atoms with E-state index >= 15 is 0 Å². The standard InChI is InChI=1S/C12H12BrN3O2S/c13-8-2-1-3-10(6-8)16-11-5-4-9(14)7-12(11)19(15,17)18/h1-7,16H,14H2,(H2,15,17,18). The highest BCUT2D eigenvalue weighted by Crippen LogP contribution is 2.27. The van der Waals surface area contributed by atoms with Crippen LogP contribution in [0, 0.1) is 0 Å². The van der Waals surface area contributed by atoms with Crippen LogP contribution in [0.5, 0.6) is 0 Å². The summed E-state index contributed by atoms with van der Waals surface area (Å²) in [4.78, 5) is -0.0347. The van der Waals surface area contributed by atoms with Gasteiger partial charge >= 0.3 is 0 Å². The first-order chi connectivity index (χ1) is 8.86. The minimum atomic E-state index is -3.84. The predicted octanol–water partition coefficient (Wildman–Crippen LogP) is 2.42. The molecule has 0 radical (unpaired) electrons. The van der Waals surface area contributed by atoms with Gasteiger partial charge in [-0.1, -0.05) is 22.0 Å². The van der Waals surface area contributed by atoms with Gasteiger partial charge in [-0.05, 0) is 36.4 Å². The summed E-state index contributed by atoms with van der Waals surface area (Å²) in [5, 5.41) is 8.18. The van der Waals surface area contributed by atoms with E-state index in [1.54, 1.807) is 12.1 Å². The third-order valence-corrected chi connectivity index (χ3v) is 3.86. The molecule has 100 valence electrons. The Morgan fingerprint density at radius 2 is 1.84 bits per heavy atom. The van der Waals surface area contributed by atoms with E-state index in [9.17, 15) is 8.42 Å². The maximum absolute atomic E-state index is 11.5. The Hall–Kier alpha value is -1.57. The molecule has 2 aromatic rings. The van der Waals surface area contributed by atoms with Gasteiger partial charge in [0.05, 0.1) is 5.69 Å². The van der Waals surface area contributed by atoms with Gasteiger partial charge in [0.1, 0.15) is 4.90 Å². The Balaban J connectivity index is 2.46. The molecule has 5 N–H and O–H groups in total. The van der Waals surface area contributed by atoms with Crippen molar-refractivity contribution in [2.24, 2.45) is 5.14 Å². The zero-order chi connectivity index (χ0) is 14.0. The van der Waals surface area contributed by atoms with Crippen molar-refractivity contribution < 1.29 is 8.42 Å². The van der Waals surface area contributed by atoms with Crippen molar-refractivity contribution in [3.63, 3.8) is 0 Å². The summed E-state index contributed by atoms with van der Waals surface area (Å²) < 4.78 is 24.0. The number of nitrogens with two attached hydrogens (primary N) is 2. The summed E-state index contributed by atoms with van der Waals surface area (Å²) >= 11 is 3.34. The van der Waals surface area contributed by atoms with E-state index in [0.29, 0.717) is 11.4 Å². The van der Waals surface area contributed by atoms with Crippen LogP contribution in [-0.2, 0) is 10.0 Å². The SMILES string of the molecule is Nc1ccc(Nc2cccc(Br)c2)c(S(N)(=O)=O)c1. The lowest BCUT2D eigenvalue weighted by atomic mass is 10.2. The Kier molecular flexibility index (Phi) is 3.79. The molecular formula is C12H12BrN3O2S. The van der Waals surface area contributed by atoms with E-state index in [2.05, 4.69) is 21.2 Å². The van der Waals surface area contributed by atoms with E-state index in [0.717, 1.165) is 10.2 Å². The summed E-state index contributed by atoms with van der Waals surface area (Å²) in [7, 11) is -3.84. The molecule has 0 saturated heterocycles. The third-order valence-electron chi connectivity index (χ3n) is 2.42. The van der Waals surface area contributed by atoms with Gasteiger partial charge < -0.3 is 11.1 Å². The maximum atomic E-state index is 11.5. The summed E-state index contributed by atoms with van der Waals surface area (Å²) in [6.07, 6.45) is 0. The van der Waals surface area contributed by atoms with E-state index < -0.39 is 10.0 Å². The first-order valence-electron chi connectivity index (χ1n) is 5.31. The highest BCUT2D eigenvalue weighted by atomic mass is 79.9. The highest BCUT2D eigenvalue weighted by Gasteiger charge is 2.14. The predicted molar refractivity (Wildman–Crippen MR) is 79.7 cm³/mol. The molecule has 0 aliphatic heterocycles. The van der Waals surface area contributed by atoms with Crippen molar-refractivity contribution in [1.82, 2.24) is 0 Å². The molecule has 0 spiro atoms. The topological polar surface area (TPSA) is 98.2 Å². The van der Waals surface area contributed by atoms with Crippen molar-refractivity contribution in [2.45, 2.75) is 4.90 Å². The van der Waals surface area contributed by atoms with Crippen LogP contribution in [0.15, 0.2) is 51.8 Å². The first kappa shape index (κ1) is 13.9. The van der Waals surface area contributed by atoms with Crippen LogP contribution in [0.25, 0.3) is 0 Å². The van der Waals surface area contributed by atoms with E-state index in [1.165, 1.54) is 6.07 Å². The quantitative estimate of drug-likeness (QED) is 0.746. The molecular weight excluding hydrogens is 330 g/mol. The highest BCUT2D eigenvalue weighted by molar-refractivity contribution is 9.10. The lowest BCUT2D eigenvalue weighted by Gasteiger charge is -2.11. The number of rotatable bonds is 3. The molecule has 2 rings (SSSR count). The van der Waals surface area contributed by atoms with Crippen LogP contribution in [0.2, 0.25) is 0 Å². The second-order valence-corrected chi connectivity index (χ2v) is 6.38. The second kappa shape index (κ2) is 5.20. The zero-order valence-electron chi connectivity index (χ0n) is 9.80. The molecule has 0 aliphatic carbocycles. The Morgan fingerprint density at radius 1 is 1.11 bits per heavy atom. The Bertz CT molecular complexity index is 717. The number of primary sulfonamides is 1. The molecule has 0 saturated carbocycles. The average Bonchev–Trinajstić information content (AvgIpc) is 2.30. The van der Waals surface area contributed by atoms with Crippen molar-refractivity contribution >= 4 is 43.0 Å². The Morgan fingerprint density at radius 3 is 2.47 bits per heavy atom. The fourth-order valence-electron chi connectivity index (χ4n) is 1.60. The smallest absolute Gasteiger partial charge is 0.240 e. The number of halogens is 1. The van der Waals surface area contributed by atoms with E-state index in [4.69, 9.17) is 10.9 Å². The average molecular weight is 342 g/mol. The molecule has 5 nitrogen and oxygen atoms in total. The monoisotopic (exact) mass is 341 g/mol. The summed E-state index contributed by atoms with van der Waals surface area (Å²) in [5.41, 5.74) is 7.05. The van der Waals surface area contributed by atoms with Crippen LogP contribution in [0.4, 0.5) is 17.1 Å². The number of benzene rings is 2. The van der Waals surface area contributed by atoms with Gasteiger partial charge in [-0.3, -0.25) is 0 Å². The van der Waals surface area contributed by atoms with Gasteiger partial charge in [-0.15, -0.1) is 0 Å². The summed E-state index contributed by atoms with van der Waals surface area (Å²) in [6, 6.07) is 11.9.